The minimum absolute atomic E-state index is 0.907. The molecular formula is C50H28O2. The SMILES string of the molecule is c1ccc2c(c1)oc1cccc(-c3c4ccccc4c(-c4ccc(-c5ccc6oc7cccc8ccc5c6c87)c5ccccc45)c4ccccc34)c12. The van der Waals surface area contributed by atoms with Gasteiger partial charge >= 0.3 is 0 Å². The summed E-state index contributed by atoms with van der Waals surface area (Å²) in [5.41, 5.74) is 11.0. The van der Waals surface area contributed by atoms with E-state index in [0.29, 0.717) is 0 Å². The summed E-state index contributed by atoms with van der Waals surface area (Å²) in [5, 5.41) is 14.5. The van der Waals surface area contributed by atoms with Crippen molar-refractivity contribution >= 4 is 87.0 Å². The molecule has 0 bridgehead atoms. The molecule has 2 nitrogen and oxygen atoms in total. The summed E-state index contributed by atoms with van der Waals surface area (Å²) in [6.45, 7) is 0. The van der Waals surface area contributed by atoms with E-state index in [2.05, 4.69) is 164 Å². The Morgan fingerprint density at radius 3 is 1.44 bits per heavy atom. The normalized spacial score (nSPS) is 12.2. The van der Waals surface area contributed by atoms with Crippen LogP contribution in [0.3, 0.4) is 0 Å². The highest BCUT2D eigenvalue weighted by Gasteiger charge is 2.22. The van der Waals surface area contributed by atoms with Crippen LogP contribution in [0.25, 0.3) is 120 Å². The van der Waals surface area contributed by atoms with Gasteiger partial charge in [-0.15, -0.1) is 0 Å². The van der Waals surface area contributed by atoms with Crippen molar-refractivity contribution in [2.45, 2.75) is 0 Å². The van der Waals surface area contributed by atoms with Gasteiger partial charge in [0.25, 0.3) is 0 Å². The molecule has 0 fully saturated rings. The minimum atomic E-state index is 0.907. The molecule has 0 atom stereocenters. The van der Waals surface area contributed by atoms with Crippen molar-refractivity contribution in [1.82, 2.24) is 0 Å². The fraction of sp³-hybridized carbons (Fsp3) is 0. The van der Waals surface area contributed by atoms with Gasteiger partial charge in [0.2, 0.25) is 0 Å². The van der Waals surface area contributed by atoms with Gasteiger partial charge in [-0.2, -0.15) is 0 Å². The Morgan fingerprint density at radius 1 is 0.231 bits per heavy atom. The third-order valence-electron chi connectivity index (χ3n) is 11.3. The van der Waals surface area contributed by atoms with E-state index in [1.165, 1.54) is 87.2 Å². The molecule has 240 valence electrons. The Kier molecular flexibility index (Phi) is 5.53. The molecule has 0 amide bonds. The van der Waals surface area contributed by atoms with E-state index < -0.39 is 0 Å². The van der Waals surface area contributed by atoms with Crippen LogP contribution in [-0.2, 0) is 0 Å². The van der Waals surface area contributed by atoms with E-state index in [1.807, 2.05) is 6.07 Å². The van der Waals surface area contributed by atoms with Crippen LogP contribution in [0, 0.1) is 0 Å². The zero-order valence-electron chi connectivity index (χ0n) is 28.0. The van der Waals surface area contributed by atoms with Crippen LogP contribution in [-0.4, -0.2) is 0 Å². The first-order valence-electron chi connectivity index (χ1n) is 17.8. The van der Waals surface area contributed by atoms with Gasteiger partial charge in [-0.25, -0.2) is 0 Å². The predicted octanol–water partition coefficient (Wildman–Crippen LogP) is 14.5. The Balaban J connectivity index is 1.16. The maximum atomic E-state index is 6.38. The van der Waals surface area contributed by atoms with Crippen LogP contribution in [0.4, 0.5) is 0 Å². The van der Waals surface area contributed by atoms with E-state index in [-0.39, 0.29) is 0 Å². The molecule has 0 spiro atoms. The van der Waals surface area contributed by atoms with E-state index in [9.17, 15) is 0 Å². The van der Waals surface area contributed by atoms with Gasteiger partial charge in [-0.1, -0.05) is 146 Å². The molecule has 12 rings (SSSR count). The number of fused-ring (bicyclic) bond motifs is 6. The molecule has 2 heterocycles. The van der Waals surface area contributed by atoms with Crippen molar-refractivity contribution in [1.29, 1.82) is 0 Å². The Bertz CT molecular complexity index is 3360. The highest BCUT2D eigenvalue weighted by Crippen LogP contribution is 2.49. The summed E-state index contributed by atoms with van der Waals surface area (Å²) in [6.07, 6.45) is 0. The summed E-state index contributed by atoms with van der Waals surface area (Å²) in [4.78, 5) is 0. The van der Waals surface area contributed by atoms with E-state index >= 15 is 0 Å². The molecule has 0 aliphatic carbocycles. The van der Waals surface area contributed by atoms with Gasteiger partial charge < -0.3 is 8.83 Å². The molecular weight excluding hydrogens is 633 g/mol. The van der Waals surface area contributed by atoms with Gasteiger partial charge in [0, 0.05) is 21.5 Å². The summed E-state index contributed by atoms with van der Waals surface area (Å²) in [5.74, 6) is 0. The summed E-state index contributed by atoms with van der Waals surface area (Å²) < 4.78 is 12.7. The van der Waals surface area contributed by atoms with Crippen molar-refractivity contribution < 1.29 is 8.83 Å². The largest absolute Gasteiger partial charge is 0.456 e. The molecule has 0 N–H and O–H groups in total. The lowest BCUT2D eigenvalue weighted by Crippen LogP contribution is -1.93. The molecule has 52 heavy (non-hydrogen) atoms. The van der Waals surface area contributed by atoms with E-state index in [1.54, 1.807) is 0 Å². The number of hydrogen-bond acceptors (Lipinski definition) is 2. The van der Waals surface area contributed by atoms with Gasteiger partial charge in [-0.05, 0) is 101 Å². The maximum absolute atomic E-state index is 6.38. The summed E-state index contributed by atoms with van der Waals surface area (Å²) >= 11 is 0. The van der Waals surface area contributed by atoms with Gasteiger partial charge in [0.15, 0.2) is 0 Å². The third kappa shape index (κ3) is 3.68. The van der Waals surface area contributed by atoms with Crippen LogP contribution in [0.15, 0.2) is 179 Å². The van der Waals surface area contributed by atoms with Crippen molar-refractivity contribution in [3.63, 3.8) is 0 Å². The fourth-order valence-corrected chi connectivity index (χ4v) is 9.13. The van der Waals surface area contributed by atoms with Crippen molar-refractivity contribution in [2.75, 3.05) is 0 Å². The topological polar surface area (TPSA) is 26.3 Å². The lowest BCUT2D eigenvalue weighted by molar-refractivity contribution is 0.669. The molecule has 0 aliphatic heterocycles. The lowest BCUT2D eigenvalue weighted by Gasteiger charge is -2.20. The average Bonchev–Trinajstić information content (AvgIpc) is 3.78. The highest BCUT2D eigenvalue weighted by atomic mass is 16.3. The Labute approximate surface area is 298 Å². The van der Waals surface area contributed by atoms with Crippen LogP contribution in [0.1, 0.15) is 0 Å². The fourth-order valence-electron chi connectivity index (χ4n) is 9.13. The van der Waals surface area contributed by atoms with Gasteiger partial charge in [0.1, 0.15) is 22.3 Å². The molecule has 2 aromatic heterocycles. The summed E-state index contributed by atoms with van der Waals surface area (Å²) in [7, 11) is 0. The molecule has 0 saturated heterocycles. The molecule has 0 radical (unpaired) electrons. The van der Waals surface area contributed by atoms with Crippen molar-refractivity contribution in [3.8, 4) is 33.4 Å². The number of benzene rings is 10. The lowest BCUT2D eigenvalue weighted by atomic mass is 9.83. The van der Waals surface area contributed by atoms with Crippen LogP contribution < -0.4 is 0 Å². The Morgan fingerprint density at radius 2 is 0.712 bits per heavy atom. The minimum Gasteiger partial charge on any atom is -0.456 e. The smallest absolute Gasteiger partial charge is 0.136 e. The van der Waals surface area contributed by atoms with E-state index in [4.69, 9.17) is 8.83 Å². The van der Waals surface area contributed by atoms with Crippen LogP contribution in [0.5, 0.6) is 0 Å². The maximum Gasteiger partial charge on any atom is 0.136 e. The number of rotatable bonds is 3. The summed E-state index contributed by atoms with van der Waals surface area (Å²) in [6, 6.07) is 61.4. The monoisotopic (exact) mass is 660 g/mol. The molecule has 2 heteroatoms. The van der Waals surface area contributed by atoms with Crippen LogP contribution >= 0.6 is 0 Å². The zero-order valence-corrected chi connectivity index (χ0v) is 28.0. The van der Waals surface area contributed by atoms with Gasteiger partial charge in [-0.3, -0.25) is 0 Å². The molecule has 10 aromatic carbocycles. The van der Waals surface area contributed by atoms with Crippen molar-refractivity contribution in [2.24, 2.45) is 0 Å². The molecule has 12 aromatic rings. The standard InChI is InChI=1S/C50H28O2/c1-2-13-31-30(12-1)32(33-27-28-45-50-39(33)24-23-29-11-9-21-43(52-45)46(29)50)25-26-38(31)47-34-14-3-5-16-36(34)48(37-17-6-4-15-35(37)47)41-19-10-22-44-49(41)40-18-7-8-20-42(40)51-44/h1-28H. The molecule has 0 unspecified atom stereocenters. The highest BCUT2D eigenvalue weighted by molar-refractivity contribution is 6.28. The van der Waals surface area contributed by atoms with Gasteiger partial charge in [0.05, 0.1) is 0 Å². The van der Waals surface area contributed by atoms with Crippen molar-refractivity contribution in [3.05, 3.63) is 170 Å². The quantitative estimate of drug-likeness (QED) is 0.139. The second-order valence-corrected chi connectivity index (χ2v) is 13.9. The first kappa shape index (κ1) is 27.9. The number of hydrogen-bond donors (Lipinski definition) is 0. The second kappa shape index (κ2) is 10.3. The Hall–Kier alpha value is -6.90. The number of para-hydroxylation sites is 1. The number of furan rings is 2. The predicted molar refractivity (Wildman–Crippen MR) is 219 cm³/mol. The van der Waals surface area contributed by atoms with Crippen LogP contribution in [0.2, 0.25) is 0 Å². The second-order valence-electron chi connectivity index (χ2n) is 13.9. The first-order chi connectivity index (χ1) is 25.8. The molecule has 0 aliphatic rings. The first-order valence-corrected chi connectivity index (χ1v) is 17.8. The van der Waals surface area contributed by atoms with E-state index in [0.717, 1.165) is 33.1 Å². The molecule has 0 saturated carbocycles. The average molecular weight is 661 g/mol. The zero-order chi connectivity index (χ0) is 33.9. The third-order valence-corrected chi connectivity index (χ3v) is 11.3.